The highest BCUT2D eigenvalue weighted by Gasteiger charge is 2.15. The summed E-state index contributed by atoms with van der Waals surface area (Å²) in [6, 6.07) is 2.63. The maximum absolute atomic E-state index is 10.2. The predicted molar refractivity (Wildman–Crippen MR) is 38.5 cm³/mol. The third kappa shape index (κ3) is 1.24. The van der Waals surface area contributed by atoms with Gasteiger partial charge in [0.25, 0.3) is 0 Å². The molecular weight excluding hydrogens is 178 g/mol. The molecule has 1 N–H and O–H groups in total. The normalized spacial score (nSPS) is 10.2. The highest BCUT2D eigenvalue weighted by atomic mass is 16.6. The van der Waals surface area contributed by atoms with Gasteiger partial charge in [0.15, 0.2) is 5.76 Å². The molecule has 0 radical (unpaired) electrons. The fraction of sp³-hybridized carbons (Fsp3) is 0. The van der Waals surface area contributed by atoms with Crippen LogP contribution >= 0.6 is 0 Å². The minimum atomic E-state index is -0.635. The van der Waals surface area contributed by atoms with Crippen LogP contribution in [-0.4, -0.2) is 25.5 Å². The summed E-state index contributed by atoms with van der Waals surface area (Å²) in [6.07, 6.45) is 0. The summed E-state index contributed by atoms with van der Waals surface area (Å²) in [5, 5.41) is 22.9. The molecule has 0 bridgehead atoms. The molecule has 13 heavy (non-hydrogen) atoms. The molecule has 8 heteroatoms. The third-order valence-electron chi connectivity index (χ3n) is 1.34. The molecule has 0 fully saturated rings. The quantitative estimate of drug-likeness (QED) is 0.529. The average Bonchev–Trinajstić information content (AvgIpc) is 2.75. The predicted octanol–water partition coefficient (Wildman–Crippen LogP) is 0.368. The molecule has 0 amide bonds. The Labute approximate surface area is 70.7 Å². The second-order valence-corrected chi connectivity index (χ2v) is 2.13. The maximum atomic E-state index is 10.2. The highest BCUT2D eigenvalue weighted by Crippen LogP contribution is 2.21. The van der Waals surface area contributed by atoms with Crippen LogP contribution in [-0.2, 0) is 0 Å². The van der Waals surface area contributed by atoms with Crippen molar-refractivity contribution >= 4 is 5.88 Å². The van der Waals surface area contributed by atoms with Crippen molar-refractivity contribution in [1.29, 1.82) is 0 Å². The van der Waals surface area contributed by atoms with E-state index in [0.717, 1.165) is 0 Å². The third-order valence-corrected chi connectivity index (χ3v) is 1.34. The lowest BCUT2D eigenvalue weighted by molar-refractivity contribution is -0.401. The van der Waals surface area contributed by atoms with E-state index in [1.807, 2.05) is 0 Å². The molecule has 2 aromatic rings. The average molecular weight is 181 g/mol. The fourth-order valence-corrected chi connectivity index (χ4v) is 0.812. The van der Waals surface area contributed by atoms with E-state index in [9.17, 15) is 10.1 Å². The van der Waals surface area contributed by atoms with Crippen LogP contribution in [0.1, 0.15) is 0 Å². The van der Waals surface area contributed by atoms with E-state index in [4.69, 9.17) is 4.42 Å². The first-order chi connectivity index (χ1) is 6.27. The van der Waals surface area contributed by atoms with Crippen LogP contribution < -0.4 is 0 Å². The number of nitrogens with one attached hydrogen (secondary N) is 1. The van der Waals surface area contributed by atoms with Crippen LogP contribution in [0, 0.1) is 10.1 Å². The maximum Gasteiger partial charge on any atom is 0.433 e. The van der Waals surface area contributed by atoms with Crippen LogP contribution in [0.4, 0.5) is 5.88 Å². The van der Waals surface area contributed by atoms with E-state index < -0.39 is 4.92 Å². The number of hydrogen-bond donors (Lipinski definition) is 1. The molecule has 8 nitrogen and oxygen atoms in total. The lowest BCUT2D eigenvalue weighted by Gasteiger charge is -1.83. The molecule has 2 rings (SSSR count). The van der Waals surface area contributed by atoms with E-state index in [0.29, 0.717) is 0 Å². The number of H-pyrrole nitrogens is 1. The smallest absolute Gasteiger partial charge is 0.397 e. The Balaban J connectivity index is 2.39. The molecule has 0 spiro atoms. The van der Waals surface area contributed by atoms with Crippen molar-refractivity contribution in [2.75, 3.05) is 0 Å². The Morgan fingerprint density at radius 3 is 2.92 bits per heavy atom. The molecule has 66 valence electrons. The van der Waals surface area contributed by atoms with Crippen LogP contribution in [0.5, 0.6) is 0 Å². The summed E-state index contributed by atoms with van der Waals surface area (Å²) in [7, 11) is 0. The molecule has 0 aromatic carbocycles. The number of aromatic nitrogens is 4. The molecule has 0 aliphatic heterocycles. The summed E-state index contributed by atoms with van der Waals surface area (Å²) < 4.78 is 4.81. The Kier molecular flexibility index (Phi) is 1.51. The highest BCUT2D eigenvalue weighted by molar-refractivity contribution is 5.47. The van der Waals surface area contributed by atoms with Gasteiger partial charge in [-0.2, -0.15) is 5.21 Å². The van der Waals surface area contributed by atoms with Crippen molar-refractivity contribution < 1.29 is 9.34 Å². The lowest BCUT2D eigenvalue weighted by atomic mass is 10.4. The molecule has 0 saturated carbocycles. The van der Waals surface area contributed by atoms with Crippen molar-refractivity contribution in [3.63, 3.8) is 0 Å². The number of furan rings is 1. The minimum Gasteiger partial charge on any atom is -0.397 e. The molecular formula is C5H3N5O3. The van der Waals surface area contributed by atoms with Gasteiger partial charge in [0.2, 0.25) is 5.82 Å². The Morgan fingerprint density at radius 2 is 2.38 bits per heavy atom. The number of nitro groups is 1. The molecule has 0 saturated heterocycles. The van der Waals surface area contributed by atoms with E-state index >= 15 is 0 Å². The van der Waals surface area contributed by atoms with Crippen LogP contribution in [0.25, 0.3) is 11.6 Å². The van der Waals surface area contributed by atoms with Gasteiger partial charge in [-0.15, -0.1) is 10.2 Å². The Bertz CT molecular complexity index is 419. The first-order valence-corrected chi connectivity index (χ1v) is 3.25. The van der Waals surface area contributed by atoms with Gasteiger partial charge < -0.3 is 4.42 Å². The topological polar surface area (TPSA) is 111 Å². The zero-order valence-corrected chi connectivity index (χ0v) is 6.17. The lowest BCUT2D eigenvalue weighted by Crippen LogP contribution is -1.83. The van der Waals surface area contributed by atoms with Crippen LogP contribution in [0.3, 0.4) is 0 Å². The fourth-order valence-electron chi connectivity index (χ4n) is 0.812. The number of nitrogens with zero attached hydrogens (tertiary/aromatic N) is 4. The number of tetrazole rings is 1. The summed E-state index contributed by atoms with van der Waals surface area (Å²) >= 11 is 0. The number of rotatable bonds is 2. The van der Waals surface area contributed by atoms with Crippen molar-refractivity contribution in [3.8, 4) is 11.6 Å². The van der Waals surface area contributed by atoms with Gasteiger partial charge in [0.1, 0.15) is 4.92 Å². The SMILES string of the molecule is O=[N+]([O-])c1ccc(-c2nn[nH]n2)o1. The van der Waals surface area contributed by atoms with Gasteiger partial charge in [0, 0.05) is 0 Å². The van der Waals surface area contributed by atoms with E-state index in [2.05, 4.69) is 20.6 Å². The van der Waals surface area contributed by atoms with Gasteiger partial charge in [0.05, 0.1) is 6.07 Å². The zero-order valence-electron chi connectivity index (χ0n) is 6.17. The van der Waals surface area contributed by atoms with Crippen molar-refractivity contribution in [2.24, 2.45) is 0 Å². The van der Waals surface area contributed by atoms with Crippen molar-refractivity contribution in [2.45, 2.75) is 0 Å². The second-order valence-electron chi connectivity index (χ2n) is 2.13. The Hall–Kier alpha value is -2.25. The molecule has 0 unspecified atom stereocenters. The second kappa shape index (κ2) is 2.66. The van der Waals surface area contributed by atoms with Crippen molar-refractivity contribution in [1.82, 2.24) is 20.6 Å². The zero-order chi connectivity index (χ0) is 9.26. The van der Waals surface area contributed by atoms with Crippen LogP contribution in [0.15, 0.2) is 16.5 Å². The summed E-state index contributed by atoms with van der Waals surface area (Å²) in [6.45, 7) is 0. The monoisotopic (exact) mass is 181 g/mol. The standard InChI is InChI=1S/C5H3N5O3/c11-10(12)4-2-1-3(13-4)5-6-8-9-7-5/h1-2H,(H,6,7,8,9). The van der Waals surface area contributed by atoms with Gasteiger partial charge >= 0.3 is 5.88 Å². The molecule has 2 heterocycles. The molecule has 0 aliphatic rings. The van der Waals surface area contributed by atoms with Crippen LogP contribution in [0.2, 0.25) is 0 Å². The van der Waals surface area contributed by atoms with Gasteiger partial charge in [-0.1, -0.05) is 0 Å². The first-order valence-electron chi connectivity index (χ1n) is 3.25. The van der Waals surface area contributed by atoms with Gasteiger partial charge in [-0.25, -0.2) is 0 Å². The molecule has 0 aliphatic carbocycles. The van der Waals surface area contributed by atoms with Crippen molar-refractivity contribution in [3.05, 3.63) is 22.2 Å². The minimum absolute atomic E-state index is 0.188. The van der Waals surface area contributed by atoms with Gasteiger partial charge in [-0.3, -0.25) is 10.1 Å². The largest absolute Gasteiger partial charge is 0.433 e. The molecule has 2 aromatic heterocycles. The molecule has 0 atom stereocenters. The number of hydrogen-bond acceptors (Lipinski definition) is 6. The van der Waals surface area contributed by atoms with E-state index in [1.54, 1.807) is 0 Å². The Morgan fingerprint density at radius 1 is 1.54 bits per heavy atom. The first kappa shape index (κ1) is 7.40. The van der Waals surface area contributed by atoms with Gasteiger partial charge in [-0.05, 0) is 11.3 Å². The van der Waals surface area contributed by atoms with E-state index in [-0.39, 0.29) is 17.5 Å². The van der Waals surface area contributed by atoms with E-state index in [1.165, 1.54) is 12.1 Å². The number of aromatic amines is 1. The summed E-state index contributed by atoms with van der Waals surface area (Å²) in [5.41, 5.74) is 0. The summed E-state index contributed by atoms with van der Waals surface area (Å²) in [5.74, 6) is 0.0494. The summed E-state index contributed by atoms with van der Waals surface area (Å²) in [4.78, 5) is 9.60.